The zero-order chi connectivity index (χ0) is 27.4. The summed E-state index contributed by atoms with van der Waals surface area (Å²) in [5, 5.41) is 0.106. The number of halogens is 4. The number of carbonyl (C=O) groups is 1. The highest BCUT2D eigenvalue weighted by molar-refractivity contribution is 8.02. The van der Waals surface area contributed by atoms with Gasteiger partial charge in [0.1, 0.15) is 6.10 Å². The Morgan fingerprint density at radius 1 is 1.24 bits per heavy atom. The lowest BCUT2D eigenvalue weighted by atomic mass is 10.0. The van der Waals surface area contributed by atoms with Gasteiger partial charge < -0.3 is 14.2 Å². The molecule has 0 N–H and O–H groups in total. The van der Waals surface area contributed by atoms with E-state index in [4.69, 9.17) is 32.7 Å². The Balaban J connectivity index is 1.67. The Bertz CT molecular complexity index is 1280. The molecule has 14 heteroatoms. The van der Waals surface area contributed by atoms with Crippen LogP contribution < -0.4 is 9.47 Å². The highest BCUT2D eigenvalue weighted by Crippen LogP contribution is 2.39. The van der Waals surface area contributed by atoms with Gasteiger partial charge in [-0.15, -0.1) is 11.8 Å². The van der Waals surface area contributed by atoms with E-state index in [1.807, 2.05) is 0 Å². The minimum atomic E-state index is -3.88. The quantitative estimate of drug-likeness (QED) is 0.293. The van der Waals surface area contributed by atoms with E-state index < -0.39 is 34.1 Å². The zero-order valence-electron chi connectivity index (χ0n) is 19.9. The van der Waals surface area contributed by atoms with Crippen molar-refractivity contribution >= 4 is 51.0 Å². The normalized spacial score (nSPS) is 18.8. The summed E-state index contributed by atoms with van der Waals surface area (Å²) in [5.41, 5.74) is 0.819. The van der Waals surface area contributed by atoms with Crippen LogP contribution in [-0.2, 0) is 26.0 Å². The van der Waals surface area contributed by atoms with Crippen LogP contribution in [0.15, 0.2) is 42.6 Å². The lowest BCUT2D eigenvalue weighted by molar-refractivity contribution is -0.150. The Hall–Kier alpha value is -2.12. The van der Waals surface area contributed by atoms with Crippen LogP contribution >= 0.6 is 35.0 Å². The summed E-state index contributed by atoms with van der Waals surface area (Å²) in [6, 6.07) is 4.23. The number of hydrogen-bond acceptors (Lipinski definition) is 8. The SMILES string of the molecule is C=CS(=O)(=O)N1CCS[C@H]1C(=O)O[C@@H](Cc1c(Cl)cncc1Cl)c1ccc(OC(F)F)c(OCC2CC2)c1. The van der Waals surface area contributed by atoms with Gasteiger partial charge in [0, 0.05) is 36.5 Å². The molecule has 1 saturated heterocycles. The summed E-state index contributed by atoms with van der Waals surface area (Å²) in [6.45, 7) is 0.694. The maximum Gasteiger partial charge on any atom is 0.387 e. The van der Waals surface area contributed by atoms with Crippen molar-refractivity contribution in [3.05, 3.63) is 63.8 Å². The number of benzene rings is 1. The first-order valence-electron chi connectivity index (χ1n) is 11.5. The predicted molar refractivity (Wildman–Crippen MR) is 140 cm³/mol. The lowest BCUT2D eigenvalue weighted by Gasteiger charge is -2.25. The van der Waals surface area contributed by atoms with Crippen LogP contribution in [0.25, 0.3) is 0 Å². The molecule has 1 aromatic carbocycles. The van der Waals surface area contributed by atoms with Crippen molar-refractivity contribution in [2.75, 3.05) is 18.9 Å². The molecule has 0 amide bonds. The fourth-order valence-electron chi connectivity index (χ4n) is 3.76. The first-order chi connectivity index (χ1) is 18.1. The second kappa shape index (κ2) is 12.4. The summed E-state index contributed by atoms with van der Waals surface area (Å²) in [4.78, 5) is 17.2. The van der Waals surface area contributed by atoms with Crippen LogP contribution in [0.2, 0.25) is 10.0 Å². The fraction of sp³-hybridized carbons (Fsp3) is 0.417. The van der Waals surface area contributed by atoms with Crippen LogP contribution in [-0.4, -0.2) is 54.6 Å². The molecule has 8 nitrogen and oxygen atoms in total. The molecular weight excluding hydrogens is 585 g/mol. The van der Waals surface area contributed by atoms with Gasteiger partial charge in [0.25, 0.3) is 0 Å². The average Bonchev–Trinajstić information content (AvgIpc) is 3.56. The van der Waals surface area contributed by atoms with E-state index in [1.165, 1.54) is 30.6 Å². The molecule has 0 bridgehead atoms. The van der Waals surface area contributed by atoms with Crippen LogP contribution in [0.1, 0.15) is 30.1 Å². The third-order valence-electron chi connectivity index (χ3n) is 5.92. The van der Waals surface area contributed by atoms with Gasteiger partial charge in [0.05, 0.1) is 16.7 Å². The van der Waals surface area contributed by atoms with E-state index in [-0.39, 0.29) is 34.5 Å². The van der Waals surface area contributed by atoms with Crippen molar-refractivity contribution in [2.24, 2.45) is 5.92 Å². The third-order valence-corrected chi connectivity index (χ3v) is 9.35. The Labute approximate surface area is 233 Å². The van der Waals surface area contributed by atoms with Crippen molar-refractivity contribution in [3.63, 3.8) is 0 Å². The molecule has 0 spiro atoms. The zero-order valence-corrected chi connectivity index (χ0v) is 23.0. The van der Waals surface area contributed by atoms with Crippen LogP contribution in [0.4, 0.5) is 8.78 Å². The molecule has 1 aromatic heterocycles. The number of esters is 1. The number of rotatable bonds is 12. The number of ether oxygens (including phenoxy) is 3. The van der Waals surface area contributed by atoms with Crippen molar-refractivity contribution in [2.45, 2.75) is 37.4 Å². The van der Waals surface area contributed by atoms with Gasteiger partial charge in [0.2, 0.25) is 10.0 Å². The number of thioether (sulfide) groups is 1. The molecule has 4 rings (SSSR count). The van der Waals surface area contributed by atoms with E-state index in [1.54, 1.807) is 0 Å². The maximum atomic E-state index is 13.3. The van der Waals surface area contributed by atoms with Crippen LogP contribution in [0.5, 0.6) is 11.5 Å². The minimum absolute atomic E-state index is 0.00532. The van der Waals surface area contributed by atoms with Gasteiger partial charge in [-0.1, -0.05) is 35.8 Å². The smallest absolute Gasteiger partial charge is 0.387 e. The number of nitrogens with zero attached hydrogens (tertiary/aromatic N) is 2. The molecule has 2 heterocycles. The Morgan fingerprint density at radius 3 is 2.58 bits per heavy atom. The topological polar surface area (TPSA) is 95.0 Å². The van der Waals surface area contributed by atoms with Gasteiger partial charge in [-0.25, -0.2) is 13.2 Å². The molecule has 1 aliphatic heterocycles. The minimum Gasteiger partial charge on any atom is -0.489 e. The summed E-state index contributed by atoms with van der Waals surface area (Å²) in [7, 11) is -3.88. The molecule has 0 unspecified atom stereocenters. The number of hydrogen-bond donors (Lipinski definition) is 0. The van der Waals surface area contributed by atoms with Crippen LogP contribution in [0.3, 0.4) is 0 Å². The van der Waals surface area contributed by atoms with Crippen molar-refractivity contribution < 1.29 is 36.2 Å². The van der Waals surface area contributed by atoms with Crippen molar-refractivity contribution in [1.82, 2.24) is 9.29 Å². The highest BCUT2D eigenvalue weighted by Gasteiger charge is 2.40. The maximum absolute atomic E-state index is 13.3. The molecule has 1 saturated carbocycles. The molecule has 206 valence electrons. The molecule has 2 aromatic rings. The van der Waals surface area contributed by atoms with Gasteiger partial charge in [0.15, 0.2) is 16.9 Å². The summed E-state index contributed by atoms with van der Waals surface area (Å²) >= 11 is 13.7. The van der Waals surface area contributed by atoms with Crippen molar-refractivity contribution in [1.29, 1.82) is 0 Å². The lowest BCUT2D eigenvalue weighted by Crippen LogP contribution is -2.39. The van der Waals surface area contributed by atoms with Gasteiger partial charge in [-0.2, -0.15) is 13.1 Å². The Morgan fingerprint density at radius 2 is 1.95 bits per heavy atom. The number of carbonyl (C=O) groups excluding carboxylic acids is 1. The van der Waals surface area contributed by atoms with E-state index in [0.717, 1.165) is 34.3 Å². The van der Waals surface area contributed by atoms with E-state index in [9.17, 15) is 22.0 Å². The predicted octanol–water partition coefficient (Wildman–Crippen LogP) is 5.45. The second-order valence-corrected chi connectivity index (χ2v) is 12.4. The monoisotopic (exact) mass is 608 g/mol. The molecule has 2 fully saturated rings. The number of aromatic nitrogens is 1. The fourth-order valence-corrected chi connectivity index (χ4v) is 6.82. The first kappa shape index (κ1) is 28.9. The van der Waals surface area contributed by atoms with Gasteiger partial charge in [-0.3, -0.25) is 4.98 Å². The first-order valence-corrected chi connectivity index (χ1v) is 14.9. The molecule has 2 aliphatic rings. The standard InChI is InChI=1S/C24H24Cl2F2N2O6S2/c1-2-38(32,33)30-7-8-37-22(30)23(31)35-20(10-16-17(25)11-29-12-18(16)26)15-5-6-19(36-24(27)28)21(9-15)34-13-14-3-4-14/h2,5-6,9,11-12,14,20,22,24H,1,3-4,7-8,10,13H2/t20-,22-/m0/s1. The number of alkyl halides is 2. The molecule has 38 heavy (non-hydrogen) atoms. The van der Waals surface area contributed by atoms with E-state index in [2.05, 4.69) is 16.3 Å². The summed E-state index contributed by atoms with van der Waals surface area (Å²) in [6.07, 6.45) is 3.70. The average molecular weight is 609 g/mol. The van der Waals surface area contributed by atoms with Crippen LogP contribution in [0, 0.1) is 5.92 Å². The van der Waals surface area contributed by atoms with E-state index >= 15 is 0 Å². The number of sulfonamides is 1. The number of pyridine rings is 1. The highest BCUT2D eigenvalue weighted by atomic mass is 35.5. The van der Waals surface area contributed by atoms with Gasteiger partial charge >= 0.3 is 12.6 Å². The third kappa shape index (κ3) is 7.09. The molecule has 0 radical (unpaired) electrons. The molecule has 2 atom stereocenters. The summed E-state index contributed by atoms with van der Waals surface area (Å²) in [5.74, 6) is -0.188. The molecular formula is C24H24Cl2F2N2O6S2. The Kier molecular flexibility index (Phi) is 9.40. The largest absolute Gasteiger partial charge is 0.489 e. The van der Waals surface area contributed by atoms with E-state index in [0.29, 0.717) is 29.4 Å². The second-order valence-electron chi connectivity index (χ2n) is 8.60. The van der Waals surface area contributed by atoms with Crippen molar-refractivity contribution in [3.8, 4) is 11.5 Å². The summed E-state index contributed by atoms with van der Waals surface area (Å²) < 4.78 is 68.1. The van der Waals surface area contributed by atoms with Gasteiger partial charge in [-0.05, 0) is 42.0 Å². The molecule has 1 aliphatic carbocycles.